The van der Waals surface area contributed by atoms with E-state index < -0.39 is 53.9 Å². The standard InChI is InChI=1S/C41H54N6O10/c1-41(2,3)57-40(53)45-33(21-13-23-42)36(49)47(26-25-44-38(51)55-28-31-17-9-5-10-18-31)34(35(48)46-39(52)56-29-32-19-11-6-12-20-32)22-14-24-43-37(50)54-27-30-15-7-4-8-16-30/h4-12,15-20,33-34H,13-14,21-29,42H2,1-3H3,(H,43,50)(H,44,51)(H,45,53)(H,46,48,52)/t33-,34-/m0/s1. The number of nitrogens with two attached hydrogens (primary N) is 1. The van der Waals surface area contributed by atoms with Crippen molar-refractivity contribution in [3.05, 3.63) is 108 Å². The van der Waals surface area contributed by atoms with E-state index in [1.807, 2.05) is 36.4 Å². The van der Waals surface area contributed by atoms with Crippen LogP contribution in [0.5, 0.6) is 0 Å². The Balaban J connectivity index is 1.82. The van der Waals surface area contributed by atoms with Gasteiger partial charge in [0, 0.05) is 19.6 Å². The van der Waals surface area contributed by atoms with Gasteiger partial charge in [0.1, 0.15) is 37.5 Å². The first kappa shape index (κ1) is 45.2. The third-order valence-corrected chi connectivity index (χ3v) is 8.06. The normalized spacial score (nSPS) is 11.9. The maximum Gasteiger partial charge on any atom is 0.414 e. The molecule has 16 nitrogen and oxygen atoms in total. The summed E-state index contributed by atoms with van der Waals surface area (Å²) in [7, 11) is 0. The zero-order valence-corrected chi connectivity index (χ0v) is 32.7. The number of amides is 6. The molecule has 0 saturated carbocycles. The molecule has 0 aliphatic carbocycles. The molecule has 3 rings (SSSR count). The lowest BCUT2D eigenvalue weighted by Gasteiger charge is -2.34. The summed E-state index contributed by atoms with van der Waals surface area (Å²) in [5.74, 6) is -1.60. The lowest BCUT2D eigenvalue weighted by Crippen LogP contribution is -2.58. The number of imide groups is 1. The quantitative estimate of drug-likeness (QED) is 0.0766. The summed E-state index contributed by atoms with van der Waals surface area (Å²) in [6.07, 6.45) is -2.93. The summed E-state index contributed by atoms with van der Waals surface area (Å²) in [5, 5.41) is 10.0. The SMILES string of the molecule is CC(C)(C)OC(=O)N[C@@H](CCCN)C(=O)N(CCNC(=O)OCc1ccccc1)[C@@H](CCCNC(=O)OCc1ccccc1)C(=O)NC(=O)OCc1ccccc1. The minimum Gasteiger partial charge on any atom is -0.445 e. The highest BCUT2D eigenvalue weighted by Gasteiger charge is 2.35. The molecule has 6 amide bonds. The van der Waals surface area contributed by atoms with E-state index >= 15 is 0 Å². The van der Waals surface area contributed by atoms with Gasteiger partial charge in [0.15, 0.2) is 0 Å². The number of nitrogens with zero attached hydrogens (tertiary/aromatic N) is 1. The number of alkyl carbamates (subject to hydrolysis) is 4. The molecule has 0 saturated heterocycles. The number of carbonyl (C=O) groups is 6. The Bertz CT molecular complexity index is 1710. The van der Waals surface area contributed by atoms with Crippen molar-refractivity contribution < 1.29 is 47.7 Å². The maximum atomic E-state index is 14.4. The lowest BCUT2D eigenvalue weighted by molar-refractivity contribution is -0.142. The van der Waals surface area contributed by atoms with Crippen LogP contribution in [0.1, 0.15) is 63.1 Å². The van der Waals surface area contributed by atoms with E-state index in [-0.39, 0.29) is 65.3 Å². The Kier molecular flexibility index (Phi) is 19.3. The fraction of sp³-hybridized carbons (Fsp3) is 0.415. The monoisotopic (exact) mass is 790 g/mol. The van der Waals surface area contributed by atoms with E-state index in [9.17, 15) is 28.8 Å². The molecule has 3 aromatic carbocycles. The smallest absolute Gasteiger partial charge is 0.414 e. The van der Waals surface area contributed by atoms with Gasteiger partial charge in [-0.1, -0.05) is 91.0 Å². The Morgan fingerprint density at radius 2 is 1.11 bits per heavy atom. The molecule has 0 heterocycles. The summed E-state index contributed by atoms with van der Waals surface area (Å²) in [6, 6.07) is 24.4. The van der Waals surface area contributed by atoms with Crippen molar-refractivity contribution in [3.8, 4) is 0 Å². The summed E-state index contributed by atoms with van der Waals surface area (Å²) >= 11 is 0. The van der Waals surface area contributed by atoms with Gasteiger partial charge >= 0.3 is 24.4 Å². The van der Waals surface area contributed by atoms with Crippen LogP contribution in [0.2, 0.25) is 0 Å². The van der Waals surface area contributed by atoms with Gasteiger partial charge in [-0.25, -0.2) is 19.2 Å². The van der Waals surface area contributed by atoms with E-state index in [0.717, 1.165) is 16.0 Å². The molecule has 0 bridgehead atoms. The number of hydrogen-bond acceptors (Lipinski definition) is 11. The fourth-order valence-electron chi connectivity index (χ4n) is 5.33. The first-order valence-corrected chi connectivity index (χ1v) is 18.8. The van der Waals surface area contributed by atoms with Crippen molar-refractivity contribution in [2.75, 3.05) is 26.2 Å². The number of ether oxygens (including phenoxy) is 4. The zero-order chi connectivity index (χ0) is 41.5. The minimum atomic E-state index is -1.35. The summed E-state index contributed by atoms with van der Waals surface area (Å²) in [6.45, 7) is 4.71. The van der Waals surface area contributed by atoms with Crippen LogP contribution >= 0.6 is 0 Å². The van der Waals surface area contributed by atoms with Crippen LogP contribution < -0.4 is 27.0 Å². The minimum absolute atomic E-state index is 0.00675. The highest BCUT2D eigenvalue weighted by molar-refractivity contribution is 5.97. The Morgan fingerprint density at radius 1 is 0.632 bits per heavy atom. The van der Waals surface area contributed by atoms with E-state index in [1.165, 1.54) is 0 Å². The van der Waals surface area contributed by atoms with Gasteiger partial charge in [0.25, 0.3) is 5.91 Å². The molecular weight excluding hydrogens is 736 g/mol. The van der Waals surface area contributed by atoms with Crippen LogP contribution in [0.15, 0.2) is 91.0 Å². The summed E-state index contributed by atoms with van der Waals surface area (Å²) in [5.41, 5.74) is 7.12. The van der Waals surface area contributed by atoms with Gasteiger partial charge in [-0.05, 0) is 69.7 Å². The molecule has 2 atom stereocenters. The van der Waals surface area contributed by atoms with E-state index in [0.29, 0.717) is 12.0 Å². The van der Waals surface area contributed by atoms with Crippen LogP contribution in [-0.2, 0) is 48.4 Å². The Hall–Kier alpha value is -6.16. The van der Waals surface area contributed by atoms with Crippen LogP contribution in [0, 0.1) is 0 Å². The van der Waals surface area contributed by atoms with E-state index in [2.05, 4.69) is 21.3 Å². The second-order valence-corrected chi connectivity index (χ2v) is 13.8. The lowest BCUT2D eigenvalue weighted by atomic mass is 10.0. The predicted octanol–water partition coefficient (Wildman–Crippen LogP) is 4.90. The zero-order valence-electron chi connectivity index (χ0n) is 32.7. The van der Waals surface area contributed by atoms with Gasteiger partial charge < -0.3 is 45.5 Å². The third kappa shape index (κ3) is 18.4. The van der Waals surface area contributed by atoms with Crippen molar-refractivity contribution in [2.45, 2.75) is 84.0 Å². The average molecular weight is 791 g/mol. The molecule has 57 heavy (non-hydrogen) atoms. The average Bonchev–Trinajstić information content (AvgIpc) is 3.19. The molecule has 0 spiro atoms. The third-order valence-electron chi connectivity index (χ3n) is 8.06. The molecule has 0 aliphatic heterocycles. The summed E-state index contributed by atoms with van der Waals surface area (Å²) in [4.78, 5) is 80.4. The van der Waals surface area contributed by atoms with Crippen molar-refractivity contribution in [2.24, 2.45) is 5.73 Å². The molecule has 16 heteroatoms. The topological polar surface area (TPSA) is 217 Å². The van der Waals surface area contributed by atoms with Crippen LogP contribution in [-0.4, -0.2) is 85.0 Å². The predicted molar refractivity (Wildman–Crippen MR) is 210 cm³/mol. The second kappa shape index (κ2) is 24.4. The first-order chi connectivity index (χ1) is 27.3. The molecule has 0 fully saturated rings. The number of rotatable bonds is 20. The van der Waals surface area contributed by atoms with Gasteiger partial charge in [0.05, 0.1) is 0 Å². The Morgan fingerprint density at radius 3 is 1.58 bits per heavy atom. The van der Waals surface area contributed by atoms with Crippen LogP contribution in [0.4, 0.5) is 19.2 Å². The molecule has 0 aliphatic rings. The van der Waals surface area contributed by atoms with Gasteiger partial charge in [-0.2, -0.15) is 0 Å². The number of hydrogen-bond donors (Lipinski definition) is 5. The fourth-order valence-corrected chi connectivity index (χ4v) is 5.33. The maximum absolute atomic E-state index is 14.4. The Labute approximate surface area is 333 Å². The second-order valence-electron chi connectivity index (χ2n) is 13.8. The van der Waals surface area contributed by atoms with Gasteiger partial charge in [-0.3, -0.25) is 14.9 Å². The van der Waals surface area contributed by atoms with Gasteiger partial charge in [0.2, 0.25) is 5.91 Å². The molecule has 0 aromatic heterocycles. The first-order valence-electron chi connectivity index (χ1n) is 18.8. The number of benzene rings is 3. The highest BCUT2D eigenvalue weighted by atomic mass is 16.6. The summed E-state index contributed by atoms with van der Waals surface area (Å²) < 4.78 is 21.3. The number of carbonyl (C=O) groups excluding carboxylic acids is 6. The van der Waals surface area contributed by atoms with Crippen LogP contribution in [0.25, 0.3) is 0 Å². The molecule has 0 radical (unpaired) electrons. The van der Waals surface area contributed by atoms with E-state index in [4.69, 9.17) is 24.7 Å². The molecule has 0 unspecified atom stereocenters. The van der Waals surface area contributed by atoms with Crippen LogP contribution in [0.3, 0.4) is 0 Å². The largest absolute Gasteiger partial charge is 0.445 e. The molecule has 308 valence electrons. The molecule has 3 aromatic rings. The van der Waals surface area contributed by atoms with Crippen molar-refractivity contribution in [3.63, 3.8) is 0 Å². The van der Waals surface area contributed by atoms with E-state index in [1.54, 1.807) is 75.4 Å². The molecular formula is C41H54N6O10. The van der Waals surface area contributed by atoms with Gasteiger partial charge in [-0.15, -0.1) is 0 Å². The molecule has 6 N–H and O–H groups in total. The van der Waals surface area contributed by atoms with Crippen molar-refractivity contribution >= 4 is 36.2 Å². The van der Waals surface area contributed by atoms with Crippen molar-refractivity contribution in [1.29, 1.82) is 0 Å². The van der Waals surface area contributed by atoms with Crippen molar-refractivity contribution in [1.82, 2.24) is 26.2 Å². The highest BCUT2D eigenvalue weighted by Crippen LogP contribution is 2.15. The number of nitrogens with one attached hydrogen (secondary N) is 4.